The minimum absolute atomic E-state index is 0.0363. The zero-order chi connectivity index (χ0) is 34.6. The van der Waals surface area contributed by atoms with E-state index < -0.39 is 51.5 Å². The van der Waals surface area contributed by atoms with Crippen molar-refractivity contribution in [2.24, 2.45) is 0 Å². The molecule has 0 saturated carbocycles. The van der Waals surface area contributed by atoms with Crippen LogP contribution in [0.4, 0.5) is 29.3 Å². The van der Waals surface area contributed by atoms with Crippen molar-refractivity contribution in [3.05, 3.63) is 122 Å². The first-order chi connectivity index (χ1) is 22.8. The molecule has 1 saturated heterocycles. The predicted octanol–water partition coefficient (Wildman–Crippen LogP) is 7.70. The number of carbonyl (C=O) groups is 3. The number of carbonyl (C=O) groups excluding carboxylic acids is 3. The van der Waals surface area contributed by atoms with Crippen LogP contribution >= 0.6 is 11.6 Å². The van der Waals surface area contributed by atoms with Gasteiger partial charge in [0.2, 0.25) is 5.75 Å². The number of hydrogen-bond donors (Lipinski definition) is 1. The van der Waals surface area contributed by atoms with Crippen LogP contribution in [0.3, 0.4) is 0 Å². The SMILES string of the molecule is CCOc1cc(/C=C2\C(=O)NC(=O)N(c3ccc(OCc4ccccc4)cc3)C2=O)cc(Cl)c1Oc1ccc(C(F)(F)F)cc1[N+](=O)[O-]. The van der Waals surface area contributed by atoms with Crippen molar-refractivity contribution < 1.29 is 46.7 Å². The third-order valence-electron chi connectivity index (χ3n) is 6.78. The summed E-state index contributed by atoms with van der Waals surface area (Å²) in [6, 6.07) is 18.8. The van der Waals surface area contributed by atoms with E-state index in [9.17, 15) is 37.7 Å². The Morgan fingerprint density at radius 1 is 0.938 bits per heavy atom. The number of ether oxygens (including phenoxy) is 3. The number of nitrogens with zero attached hydrogens (tertiary/aromatic N) is 2. The van der Waals surface area contributed by atoms with Gasteiger partial charge in [0.1, 0.15) is 17.9 Å². The molecule has 15 heteroatoms. The number of imide groups is 2. The fourth-order valence-electron chi connectivity index (χ4n) is 4.56. The monoisotopic (exact) mass is 681 g/mol. The van der Waals surface area contributed by atoms with Crippen LogP contribution in [0.15, 0.2) is 90.5 Å². The summed E-state index contributed by atoms with van der Waals surface area (Å²) in [5.74, 6) is -2.38. The molecule has 1 aliphatic rings. The number of urea groups is 1. The second-order valence-electron chi connectivity index (χ2n) is 10.0. The molecule has 1 aliphatic heterocycles. The highest BCUT2D eigenvalue weighted by Crippen LogP contribution is 2.44. The van der Waals surface area contributed by atoms with Gasteiger partial charge >= 0.3 is 17.9 Å². The van der Waals surface area contributed by atoms with Crippen LogP contribution in [0.5, 0.6) is 23.0 Å². The first kappa shape index (κ1) is 33.5. The Balaban J connectivity index is 1.42. The second kappa shape index (κ2) is 13.8. The van der Waals surface area contributed by atoms with Crippen molar-refractivity contribution in [2.45, 2.75) is 19.7 Å². The van der Waals surface area contributed by atoms with Gasteiger partial charge in [-0.25, -0.2) is 9.69 Å². The minimum atomic E-state index is -4.84. The van der Waals surface area contributed by atoms with Crippen LogP contribution in [0.2, 0.25) is 5.02 Å². The Kier molecular flexibility index (Phi) is 9.66. The maximum absolute atomic E-state index is 13.5. The molecule has 246 valence electrons. The Hall–Kier alpha value is -5.89. The van der Waals surface area contributed by atoms with E-state index in [1.165, 1.54) is 24.3 Å². The Labute approximate surface area is 275 Å². The highest BCUT2D eigenvalue weighted by molar-refractivity contribution is 6.39. The summed E-state index contributed by atoms with van der Waals surface area (Å²) in [5.41, 5.74) is -1.44. The van der Waals surface area contributed by atoms with Crippen LogP contribution in [-0.2, 0) is 22.4 Å². The highest BCUT2D eigenvalue weighted by Gasteiger charge is 2.37. The molecular weight excluding hydrogens is 659 g/mol. The number of nitrogens with one attached hydrogen (secondary N) is 1. The lowest BCUT2D eigenvalue weighted by atomic mass is 10.1. The molecule has 1 N–H and O–H groups in total. The molecule has 1 heterocycles. The molecule has 0 bridgehead atoms. The van der Waals surface area contributed by atoms with Crippen molar-refractivity contribution in [1.82, 2.24) is 5.32 Å². The molecule has 11 nitrogen and oxygen atoms in total. The molecule has 0 spiro atoms. The van der Waals surface area contributed by atoms with Crippen molar-refractivity contribution in [1.29, 1.82) is 0 Å². The van der Waals surface area contributed by atoms with Crippen LogP contribution in [-0.4, -0.2) is 29.4 Å². The molecule has 4 amide bonds. The van der Waals surface area contributed by atoms with E-state index in [4.69, 9.17) is 25.8 Å². The number of rotatable bonds is 10. The van der Waals surface area contributed by atoms with E-state index in [0.717, 1.165) is 22.6 Å². The van der Waals surface area contributed by atoms with Gasteiger partial charge in [-0.3, -0.25) is 25.0 Å². The lowest BCUT2D eigenvalue weighted by Crippen LogP contribution is -2.54. The molecule has 48 heavy (non-hydrogen) atoms. The van der Waals surface area contributed by atoms with Crippen molar-refractivity contribution >= 4 is 46.9 Å². The Morgan fingerprint density at radius 2 is 1.65 bits per heavy atom. The number of barbiturate groups is 1. The summed E-state index contributed by atoms with van der Waals surface area (Å²) >= 11 is 6.43. The maximum atomic E-state index is 13.5. The van der Waals surface area contributed by atoms with Crippen LogP contribution < -0.4 is 24.4 Å². The molecule has 0 aromatic heterocycles. The molecule has 0 unspecified atom stereocenters. The van der Waals surface area contributed by atoms with Gasteiger partial charge < -0.3 is 14.2 Å². The lowest BCUT2D eigenvalue weighted by Gasteiger charge is -2.26. The fourth-order valence-corrected chi connectivity index (χ4v) is 4.81. The molecule has 0 aliphatic carbocycles. The molecule has 4 aromatic carbocycles. The van der Waals surface area contributed by atoms with E-state index in [-0.39, 0.29) is 34.4 Å². The standard InChI is InChI=1S/C33H23ClF3N3O8/c1-2-46-28-16-20(15-25(34)29(28)48-27-13-8-21(33(35,36)37)17-26(27)40(44)45)14-24-30(41)38-32(43)39(31(24)42)22-9-11-23(12-10-22)47-18-19-6-4-3-5-7-19/h3-17H,2,18H2,1H3,(H,38,41,43)/b24-14+. The summed E-state index contributed by atoms with van der Waals surface area (Å²) in [7, 11) is 0. The molecule has 5 rings (SSSR count). The second-order valence-corrected chi connectivity index (χ2v) is 10.4. The number of benzene rings is 4. The molecule has 0 atom stereocenters. The number of nitro groups is 1. The maximum Gasteiger partial charge on any atom is 0.416 e. The van der Waals surface area contributed by atoms with Crippen molar-refractivity contribution in [3.8, 4) is 23.0 Å². The van der Waals surface area contributed by atoms with Gasteiger partial charge in [-0.15, -0.1) is 0 Å². The topological polar surface area (TPSA) is 137 Å². The Morgan fingerprint density at radius 3 is 2.29 bits per heavy atom. The summed E-state index contributed by atoms with van der Waals surface area (Å²) in [5, 5.41) is 13.5. The largest absolute Gasteiger partial charge is 0.490 e. The molecule has 0 radical (unpaired) electrons. The first-order valence-corrected chi connectivity index (χ1v) is 14.4. The number of alkyl halides is 3. The number of halogens is 4. The summed E-state index contributed by atoms with van der Waals surface area (Å²) in [4.78, 5) is 50.2. The van der Waals surface area contributed by atoms with E-state index >= 15 is 0 Å². The fraction of sp³-hybridized carbons (Fsp3) is 0.121. The van der Waals surface area contributed by atoms with Crippen molar-refractivity contribution in [2.75, 3.05) is 11.5 Å². The van der Waals surface area contributed by atoms with Gasteiger partial charge in [0.25, 0.3) is 11.8 Å². The summed E-state index contributed by atoms with van der Waals surface area (Å²) in [6.07, 6.45) is -3.69. The van der Waals surface area contributed by atoms with Crippen LogP contribution in [0.1, 0.15) is 23.6 Å². The van der Waals surface area contributed by atoms with Gasteiger partial charge in [-0.1, -0.05) is 41.9 Å². The van der Waals surface area contributed by atoms with Crippen LogP contribution in [0, 0.1) is 10.1 Å². The first-order valence-electron chi connectivity index (χ1n) is 14.0. The summed E-state index contributed by atoms with van der Waals surface area (Å²) in [6.45, 7) is 1.93. The normalized spacial score (nSPS) is 14.1. The average Bonchev–Trinajstić information content (AvgIpc) is 3.04. The van der Waals surface area contributed by atoms with Crippen molar-refractivity contribution in [3.63, 3.8) is 0 Å². The minimum Gasteiger partial charge on any atom is -0.490 e. The number of amides is 4. The quantitative estimate of drug-likeness (QED) is 0.0778. The molecule has 1 fully saturated rings. The Bertz CT molecular complexity index is 1930. The van der Waals surface area contributed by atoms with E-state index in [1.54, 1.807) is 19.1 Å². The van der Waals surface area contributed by atoms with Crippen LogP contribution in [0.25, 0.3) is 6.08 Å². The van der Waals surface area contributed by atoms with E-state index in [0.29, 0.717) is 24.5 Å². The zero-order valence-electron chi connectivity index (χ0n) is 24.7. The summed E-state index contributed by atoms with van der Waals surface area (Å²) < 4.78 is 56.4. The average molecular weight is 682 g/mol. The molecular formula is C33H23ClF3N3O8. The predicted molar refractivity (Wildman–Crippen MR) is 167 cm³/mol. The van der Waals surface area contributed by atoms with Gasteiger partial charge in [-0.2, -0.15) is 13.2 Å². The number of nitro benzene ring substituents is 1. The third kappa shape index (κ3) is 7.39. The van der Waals surface area contributed by atoms with Gasteiger partial charge in [0, 0.05) is 6.07 Å². The highest BCUT2D eigenvalue weighted by atomic mass is 35.5. The molecule has 4 aromatic rings. The zero-order valence-corrected chi connectivity index (χ0v) is 25.5. The third-order valence-corrected chi connectivity index (χ3v) is 7.06. The van der Waals surface area contributed by atoms with E-state index in [1.807, 2.05) is 30.3 Å². The lowest BCUT2D eigenvalue weighted by molar-refractivity contribution is -0.385. The number of hydrogen-bond acceptors (Lipinski definition) is 8. The smallest absolute Gasteiger partial charge is 0.416 e. The van der Waals surface area contributed by atoms with E-state index in [2.05, 4.69) is 5.32 Å². The van der Waals surface area contributed by atoms with Gasteiger partial charge in [0.15, 0.2) is 11.5 Å². The number of anilines is 1. The van der Waals surface area contributed by atoms with Gasteiger partial charge in [0.05, 0.1) is 27.8 Å². The van der Waals surface area contributed by atoms with Gasteiger partial charge in [-0.05, 0) is 72.7 Å².